The average molecular weight is 825 g/mol. The summed E-state index contributed by atoms with van der Waals surface area (Å²) in [6, 6.07) is 29.0. The molecular formula is C48H48N12O2. The number of hydrogen-bond acceptors (Lipinski definition) is 10. The Morgan fingerprint density at radius 1 is 0.532 bits per heavy atom. The third-order valence-electron chi connectivity index (χ3n) is 11.1. The first-order valence-electron chi connectivity index (χ1n) is 20.9. The average Bonchev–Trinajstić information content (AvgIpc) is 4.15. The van der Waals surface area contributed by atoms with Crippen LogP contribution in [0, 0.1) is 13.8 Å². The van der Waals surface area contributed by atoms with Crippen molar-refractivity contribution in [3.05, 3.63) is 167 Å². The second kappa shape index (κ2) is 18.0. The summed E-state index contributed by atoms with van der Waals surface area (Å²) in [6.45, 7) is 5.72. The van der Waals surface area contributed by atoms with Crippen molar-refractivity contribution in [3.63, 3.8) is 0 Å². The predicted octanol–water partition coefficient (Wildman–Crippen LogP) is 8.54. The zero-order valence-electron chi connectivity index (χ0n) is 35.3. The molecular weight excluding hydrogens is 777 g/mol. The molecule has 312 valence electrons. The Balaban J connectivity index is 0.000000158. The summed E-state index contributed by atoms with van der Waals surface area (Å²) in [6.07, 6.45) is 19.5. The van der Waals surface area contributed by atoms with Gasteiger partial charge in [-0.3, -0.25) is 0 Å². The molecule has 8 aromatic rings. The fourth-order valence-electron chi connectivity index (χ4n) is 8.08. The highest BCUT2D eigenvalue weighted by Crippen LogP contribution is 2.33. The van der Waals surface area contributed by atoms with Gasteiger partial charge in [0.2, 0.25) is 11.8 Å². The minimum atomic E-state index is 0.292. The van der Waals surface area contributed by atoms with Gasteiger partial charge in [0.25, 0.3) is 0 Å². The van der Waals surface area contributed by atoms with Gasteiger partial charge in [0.1, 0.15) is 23.0 Å². The van der Waals surface area contributed by atoms with Crippen LogP contribution in [0.5, 0.6) is 11.8 Å². The fourth-order valence-corrected chi connectivity index (χ4v) is 8.08. The largest absolute Gasteiger partial charge is 0.479 e. The molecule has 2 aromatic carbocycles. The number of nitrogens with zero attached hydrogens (tertiary/aromatic N) is 12. The van der Waals surface area contributed by atoms with Crippen LogP contribution >= 0.6 is 0 Å². The van der Waals surface area contributed by atoms with Crippen LogP contribution in [-0.2, 0) is 13.1 Å². The Kier molecular flexibility index (Phi) is 11.6. The molecule has 0 N–H and O–H groups in total. The molecule has 14 nitrogen and oxygen atoms in total. The molecule has 2 aliphatic rings. The van der Waals surface area contributed by atoms with Crippen LogP contribution < -0.4 is 9.47 Å². The number of ether oxygens (including phenoxy) is 2. The zero-order chi connectivity index (χ0) is 42.4. The van der Waals surface area contributed by atoms with E-state index in [2.05, 4.69) is 68.5 Å². The van der Waals surface area contributed by atoms with Crippen molar-refractivity contribution in [1.29, 1.82) is 0 Å². The van der Waals surface area contributed by atoms with E-state index in [1.54, 1.807) is 26.9 Å². The summed E-state index contributed by atoms with van der Waals surface area (Å²) in [5, 5.41) is 9.40. The first kappa shape index (κ1) is 40.0. The van der Waals surface area contributed by atoms with Crippen molar-refractivity contribution in [2.24, 2.45) is 0 Å². The van der Waals surface area contributed by atoms with E-state index in [0.717, 1.165) is 84.6 Å². The van der Waals surface area contributed by atoms with Crippen LogP contribution in [0.1, 0.15) is 94.7 Å². The fraction of sp³-hybridized carbons (Fsp3) is 0.250. The Morgan fingerprint density at radius 3 is 1.35 bits per heavy atom. The van der Waals surface area contributed by atoms with Crippen LogP contribution in [0.4, 0.5) is 0 Å². The molecule has 0 fully saturated rings. The van der Waals surface area contributed by atoms with Gasteiger partial charge in [-0.1, -0.05) is 60.7 Å². The summed E-state index contributed by atoms with van der Waals surface area (Å²) in [7, 11) is 3.25. The minimum Gasteiger partial charge on any atom is -0.479 e. The number of aromatic nitrogens is 12. The van der Waals surface area contributed by atoms with Crippen LogP contribution in [0.25, 0.3) is 35.7 Å². The summed E-state index contributed by atoms with van der Waals surface area (Å²) < 4.78 is 18.9. The Bertz CT molecular complexity index is 2640. The van der Waals surface area contributed by atoms with E-state index in [0.29, 0.717) is 35.2 Å². The molecule has 0 amide bonds. The number of aryl methyl sites for hydroxylation is 4. The number of methoxy groups -OCH3 is 2. The van der Waals surface area contributed by atoms with E-state index in [4.69, 9.17) is 29.6 Å². The summed E-state index contributed by atoms with van der Waals surface area (Å²) >= 11 is 0. The van der Waals surface area contributed by atoms with E-state index >= 15 is 0 Å². The summed E-state index contributed by atoms with van der Waals surface area (Å²) in [5.41, 5.74) is 7.73. The lowest BCUT2D eigenvalue weighted by Gasteiger charge is -2.22. The van der Waals surface area contributed by atoms with Gasteiger partial charge in [-0.2, -0.15) is 10.2 Å². The monoisotopic (exact) mass is 824 g/mol. The first-order chi connectivity index (χ1) is 30.4. The van der Waals surface area contributed by atoms with E-state index in [-0.39, 0.29) is 0 Å². The molecule has 6 aromatic heterocycles. The first-order valence-corrected chi connectivity index (χ1v) is 20.9. The molecule has 62 heavy (non-hydrogen) atoms. The SMILES string of the molecule is COc1nc(/C=C/c2nc3n(n2)CCC[C@@H]3c2ccccc2)ccc1-n1cnc(C)c1.COc1nc(/C=C/c2nc3n(n2)CCC[C@H]3c2ccccc2)ccc1-n1cnc(C)c1. The van der Waals surface area contributed by atoms with Gasteiger partial charge < -0.3 is 18.6 Å². The van der Waals surface area contributed by atoms with Crippen molar-refractivity contribution in [1.82, 2.24) is 58.6 Å². The van der Waals surface area contributed by atoms with Gasteiger partial charge in [-0.15, -0.1) is 0 Å². The number of benzene rings is 2. The van der Waals surface area contributed by atoms with Gasteiger partial charge in [0, 0.05) is 37.3 Å². The highest BCUT2D eigenvalue weighted by molar-refractivity contribution is 5.67. The number of hydrogen-bond donors (Lipinski definition) is 0. The molecule has 14 heteroatoms. The molecule has 10 rings (SSSR count). The van der Waals surface area contributed by atoms with Crippen molar-refractivity contribution in [2.45, 2.75) is 64.5 Å². The van der Waals surface area contributed by atoms with E-state index in [1.165, 1.54) is 11.1 Å². The van der Waals surface area contributed by atoms with E-state index < -0.39 is 0 Å². The molecule has 8 heterocycles. The lowest BCUT2D eigenvalue weighted by Crippen LogP contribution is -2.17. The molecule has 0 radical (unpaired) electrons. The maximum Gasteiger partial charge on any atom is 0.238 e. The number of imidazole rings is 2. The third kappa shape index (κ3) is 8.71. The smallest absolute Gasteiger partial charge is 0.238 e. The summed E-state index contributed by atoms with van der Waals surface area (Å²) in [4.78, 5) is 27.4. The zero-order valence-corrected chi connectivity index (χ0v) is 35.3. The third-order valence-corrected chi connectivity index (χ3v) is 11.1. The van der Waals surface area contributed by atoms with Crippen molar-refractivity contribution in [3.8, 4) is 23.1 Å². The van der Waals surface area contributed by atoms with Crippen LogP contribution in [0.3, 0.4) is 0 Å². The number of fused-ring (bicyclic) bond motifs is 2. The molecule has 2 atom stereocenters. The Morgan fingerprint density at radius 2 is 0.968 bits per heavy atom. The topological polar surface area (TPSA) is 141 Å². The quantitative estimate of drug-likeness (QED) is 0.132. The Labute approximate surface area is 360 Å². The highest BCUT2D eigenvalue weighted by Gasteiger charge is 2.26. The standard InChI is InChI=1S/2C24H24N6O/c2*1-17-15-29(16-25-17)21-12-10-19(26-24(21)31-2)11-13-22-27-23-20(9-6-14-30(23)28-22)18-7-4-3-5-8-18/h2*3-5,7-8,10-13,15-16,20H,6,9,14H2,1-2H3/b2*13-11+/t2*20-/m10/s1. The Hall–Kier alpha value is -7.48. The predicted molar refractivity (Wildman–Crippen MR) is 238 cm³/mol. The van der Waals surface area contributed by atoms with Crippen LogP contribution in [0.15, 0.2) is 110 Å². The molecule has 0 saturated carbocycles. The van der Waals surface area contributed by atoms with Gasteiger partial charge in [-0.25, -0.2) is 39.3 Å². The van der Waals surface area contributed by atoms with E-state index in [9.17, 15) is 0 Å². The molecule has 0 aliphatic carbocycles. The van der Waals surface area contributed by atoms with Gasteiger partial charge in [0.05, 0.1) is 49.6 Å². The second-order valence-electron chi connectivity index (χ2n) is 15.4. The van der Waals surface area contributed by atoms with Crippen LogP contribution in [-0.4, -0.2) is 72.8 Å². The van der Waals surface area contributed by atoms with Gasteiger partial charge >= 0.3 is 0 Å². The van der Waals surface area contributed by atoms with Crippen LogP contribution in [0.2, 0.25) is 0 Å². The molecule has 0 saturated heterocycles. The number of pyridine rings is 2. The maximum absolute atomic E-state index is 5.50. The van der Waals surface area contributed by atoms with Crippen molar-refractivity contribution in [2.75, 3.05) is 14.2 Å². The molecule has 0 bridgehead atoms. The minimum absolute atomic E-state index is 0.292. The normalized spacial score (nSPS) is 15.9. The van der Waals surface area contributed by atoms with E-state index in [1.807, 2.05) is 105 Å². The molecule has 2 aliphatic heterocycles. The lowest BCUT2D eigenvalue weighted by molar-refractivity contribution is 0.395. The highest BCUT2D eigenvalue weighted by atomic mass is 16.5. The second-order valence-corrected chi connectivity index (χ2v) is 15.4. The van der Waals surface area contributed by atoms with Gasteiger partial charge in [0.15, 0.2) is 11.6 Å². The van der Waals surface area contributed by atoms with Crippen molar-refractivity contribution < 1.29 is 9.47 Å². The number of rotatable bonds is 10. The van der Waals surface area contributed by atoms with Crippen molar-refractivity contribution >= 4 is 24.3 Å². The molecule has 0 unspecified atom stereocenters. The van der Waals surface area contributed by atoms with Gasteiger partial charge in [-0.05, 0) is 99.2 Å². The molecule has 0 spiro atoms. The summed E-state index contributed by atoms with van der Waals surface area (Å²) in [5.74, 6) is 5.14. The maximum atomic E-state index is 5.50. The lowest BCUT2D eigenvalue weighted by atomic mass is 9.91.